The molecule has 2 aromatic carbocycles. The van der Waals surface area contributed by atoms with E-state index in [1.54, 1.807) is 29.5 Å². The topological polar surface area (TPSA) is 76.6 Å². The Balaban J connectivity index is 1.48. The van der Waals surface area contributed by atoms with E-state index in [4.69, 9.17) is 4.74 Å². The SMILES string of the molecule is CS(=O)/C(=C1\C(=O)N2C1CC(C)(C)[C@@H]2C(=O)OC(c1ccccc1)c1ccccc1)c1ccccn1. The number of aromatic nitrogens is 1. The van der Waals surface area contributed by atoms with Crippen LogP contribution in [-0.4, -0.2) is 44.3 Å². The smallest absolute Gasteiger partial charge is 0.330 e. The monoisotopic (exact) mass is 500 g/mol. The van der Waals surface area contributed by atoms with Crippen molar-refractivity contribution in [1.29, 1.82) is 0 Å². The van der Waals surface area contributed by atoms with Crippen molar-refractivity contribution in [3.8, 4) is 0 Å². The van der Waals surface area contributed by atoms with Crippen LogP contribution in [0.2, 0.25) is 0 Å². The van der Waals surface area contributed by atoms with E-state index in [9.17, 15) is 13.8 Å². The molecule has 0 radical (unpaired) electrons. The van der Waals surface area contributed by atoms with E-state index in [0.29, 0.717) is 22.6 Å². The molecular weight excluding hydrogens is 472 g/mol. The van der Waals surface area contributed by atoms with Crippen molar-refractivity contribution in [3.63, 3.8) is 0 Å². The van der Waals surface area contributed by atoms with Crippen molar-refractivity contribution in [3.05, 3.63) is 107 Å². The lowest BCUT2D eigenvalue weighted by Crippen LogP contribution is -2.58. The number of ether oxygens (including phenoxy) is 1. The molecule has 36 heavy (non-hydrogen) atoms. The maximum atomic E-state index is 13.7. The lowest BCUT2D eigenvalue weighted by atomic mass is 9.83. The van der Waals surface area contributed by atoms with Crippen LogP contribution in [0.5, 0.6) is 0 Å². The number of nitrogens with zero attached hydrogens (tertiary/aromatic N) is 2. The molecule has 3 atom stereocenters. The van der Waals surface area contributed by atoms with Crippen LogP contribution < -0.4 is 0 Å². The molecule has 6 nitrogen and oxygen atoms in total. The Labute approximate surface area is 213 Å². The molecule has 0 N–H and O–H groups in total. The van der Waals surface area contributed by atoms with Gasteiger partial charge in [-0.3, -0.25) is 14.0 Å². The molecule has 0 aliphatic carbocycles. The Morgan fingerprint density at radius 2 is 1.58 bits per heavy atom. The van der Waals surface area contributed by atoms with Gasteiger partial charge >= 0.3 is 5.97 Å². The Bertz CT molecular complexity index is 1300. The average Bonchev–Trinajstić information content (AvgIpc) is 3.14. The molecule has 2 saturated heterocycles. The van der Waals surface area contributed by atoms with E-state index < -0.39 is 34.3 Å². The zero-order chi connectivity index (χ0) is 25.4. The van der Waals surface area contributed by atoms with E-state index in [1.807, 2.05) is 80.6 Å². The summed E-state index contributed by atoms with van der Waals surface area (Å²) in [5.41, 5.74) is 2.21. The molecule has 1 aromatic heterocycles. The maximum Gasteiger partial charge on any atom is 0.330 e. The second-order valence-electron chi connectivity index (χ2n) is 9.87. The molecular formula is C29H28N2O4S. The highest BCUT2D eigenvalue weighted by Crippen LogP contribution is 2.51. The summed E-state index contributed by atoms with van der Waals surface area (Å²) in [5, 5.41) is 0. The van der Waals surface area contributed by atoms with Crippen molar-refractivity contribution in [2.24, 2.45) is 5.41 Å². The van der Waals surface area contributed by atoms with Gasteiger partial charge in [0.15, 0.2) is 6.10 Å². The Morgan fingerprint density at radius 3 is 2.11 bits per heavy atom. The van der Waals surface area contributed by atoms with Crippen molar-refractivity contribution < 1.29 is 18.5 Å². The number of amides is 1. The number of carbonyl (C=O) groups is 2. The van der Waals surface area contributed by atoms with Crippen LogP contribution in [0.15, 0.2) is 90.6 Å². The maximum absolute atomic E-state index is 13.7. The molecule has 1 amide bonds. The first-order chi connectivity index (χ1) is 17.3. The molecule has 3 heterocycles. The van der Waals surface area contributed by atoms with Gasteiger partial charge in [0, 0.05) is 12.5 Å². The molecule has 0 saturated carbocycles. The zero-order valence-electron chi connectivity index (χ0n) is 20.5. The highest BCUT2D eigenvalue weighted by Gasteiger charge is 2.62. The third-order valence-electron chi connectivity index (χ3n) is 6.96. The highest BCUT2D eigenvalue weighted by molar-refractivity contribution is 7.94. The van der Waals surface area contributed by atoms with Gasteiger partial charge in [-0.2, -0.15) is 0 Å². The second kappa shape index (κ2) is 9.47. The highest BCUT2D eigenvalue weighted by atomic mass is 32.2. The molecule has 5 rings (SSSR count). The van der Waals surface area contributed by atoms with E-state index >= 15 is 0 Å². The van der Waals surface area contributed by atoms with Gasteiger partial charge < -0.3 is 9.64 Å². The minimum atomic E-state index is -1.42. The first-order valence-corrected chi connectivity index (χ1v) is 13.5. The molecule has 2 aliphatic heterocycles. The minimum Gasteiger partial charge on any atom is -0.451 e. The van der Waals surface area contributed by atoms with E-state index in [1.165, 1.54) is 0 Å². The van der Waals surface area contributed by atoms with E-state index in [0.717, 1.165) is 11.1 Å². The van der Waals surface area contributed by atoms with E-state index in [-0.39, 0.29) is 11.9 Å². The number of pyridine rings is 1. The van der Waals surface area contributed by atoms with Gasteiger partial charge in [-0.15, -0.1) is 0 Å². The quantitative estimate of drug-likeness (QED) is 0.283. The largest absolute Gasteiger partial charge is 0.451 e. The number of carbonyl (C=O) groups excluding carboxylic acids is 2. The molecule has 2 aliphatic rings. The van der Waals surface area contributed by atoms with Gasteiger partial charge in [0.1, 0.15) is 6.04 Å². The zero-order valence-corrected chi connectivity index (χ0v) is 21.3. The number of hydrogen-bond donors (Lipinski definition) is 0. The van der Waals surface area contributed by atoms with Crippen molar-refractivity contribution >= 4 is 27.6 Å². The lowest BCUT2D eigenvalue weighted by Gasteiger charge is -2.42. The number of esters is 1. The summed E-state index contributed by atoms with van der Waals surface area (Å²) < 4.78 is 18.8. The number of hydrogen-bond acceptors (Lipinski definition) is 5. The predicted molar refractivity (Wildman–Crippen MR) is 139 cm³/mol. The third kappa shape index (κ3) is 4.17. The van der Waals surface area contributed by atoms with Crippen LogP contribution in [-0.2, 0) is 25.1 Å². The molecule has 0 bridgehead atoms. The molecule has 7 heteroatoms. The summed E-state index contributed by atoms with van der Waals surface area (Å²) in [6.07, 6.45) is 3.16. The summed E-state index contributed by atoms with van der Waals surface area (Å²) >= 11 is 0. The lowest BCUT2D eigenvalue weighted by molar-refractivity contribution is -0.162. The first kappa shape index (κ1) is 24.1. The molecule has 2 unspecified atom stereocenters. The Kier molecular flexibility index (Phi) is 6.35. The summed E-state index contributed by atoms with van der Waals surface area (Å²) in [6, 6.07) is 23.5. The van der Waals surface area contributed by atoms with Crippen LogP contribution in [0.25, 0.3) is 4.91 Å². The van der Waals surface area contributed by atoms with Crippen LogP contribution >= 0.6 is 0 Å². The number of benzene rings is 2. The van der Waals surface area contributed by atoms with Crippen LogP contribution in [0.1, 0.15) is 43.2 Å². The van der Waals surface area contributed by atoms with Gasteiger partial charge in [-0.25, -0.2) is 4.79 Å². The normalized spacial score (nSPS) is 22.6. The fourth-order valence-corrected chi connectivity index (χ4v) is 6.31. The molecule has 184 valence electrons. The van der Waals surface area contributed by atoms with Crippen LogP contribution in [0, 0.1) is 5.41 Å². The van der Waals surface area contributed by atoms with Gasteiger partial charge in [0.05, 0.1) is 33.0 Å². The van der Waals surface area contributed by atoms with Crippen molar-refractivity contribution in [1.82, 2.24) is 9.88 Å². The summed E-state index contributed by atoms with van der Waals surface area (Å²) in [6.45, 7) is 3.96. The summed E-state index contributed by atoms with van der Waals surface area (Å²) in [4.78, 5) is 33.6. The minimum absolute atomic E-state index is 0.278. The van der Waals surface area contributed by atoms with Crippen molar-refractivity contribution in [2.75, 3.05) is 6.26 Å². The van der Waals surface area contributed by atoms with Gasteiger partial charge in [0.25, 0.3) is 5.91 Å². The van der Waals surface area contributed by atoms with Gasteiger partial charge in [-0.05, 0) is 35.1 Å². The standard InChI is InChI=1S/C29H28N2O4S/c1-29(2)18-22-23(25(36(3)34)21-16-10-11-17-30-21)27(32)31(22)26(29)28(33)35-24(19-12-6-4-7-13-19)20-14-8-5-9-15-20/h4-17,22,24,26H,18H2,1-3H3/b25-23-/t22?,26-,36?/m0/s1. The average molecular weight is 501 g/mol. The number of β-lactam (4-membered cyclic amide) rings is 1. The Morgan fingerprint density at radius 1 is 1.00 bits per heavy atom. The third-order valence-corrected chi connectivity index (χ3v) is 7.97. The summed E-state index contributed by atoms with van der Waals surface area (Å²) in [7, 11) is -1.42. The van der Waals surface area contributed by atoms with Crippen LogP contribution in [0.3, 0.4) is 0 Å². The van der Waals surface area contributed by atoms with E-state index in [2.05, 4.69) is 4.98 Å². The van der Waals surface area contributed by atoms with Gasteiger partial charge in [0.2, 0.25) is 0 Å². The molecule has 3 aromatic rings. The second-order valence-corrected chi connectivity index (χ2v) is 11.2. The van der Waals surface area contributed by atoms with Crippen LogP contribution in [0.4, 0.5) is 0 Å². The molecule has 2 fully saturated rings. The fraction of sp³-hybridized carbons (Fsp3) is 0.276. The number of fused-ring (bicyclic) bond motifs is 1. The fourth-order valence-electron chi connectivity index (χ4n) is 5.36. The first-order valence-electron chi connectivity index (χ1n) is 11.9. The summed E-state index contributed by atoms with van der Waals surface area (Å²) in [5.74, 6) is -0.719. The van der Waals surface area contributed by atoms with Gasteiger partial charge in [-0.1, -0.05) is 80.6 Å². The van der Waals surface area contributed by atoms with Crippen molar-refractivity contribution in [2.45, 2.75) is 38.5 Å². The number of rotatable bonds is 6. The predicted octanol–water partition coefficient (Wildman–Crippen LogP) is 4.51. The Hall–Kier alpha value is -3.58. The molecule has 0 spiro atoms.